The van der Waals surface area contributed by atoms with Crippen LogP contribution in [0.2, 0.25) is 0 Å². The molecule has 0 spiro atoms. The average Bonchev–Trinajstić information content (AvgIpc) is 2.41. The van der Waals surface area contributed by atoms with Gasteiger partial charge in [-0.15, -0.1) is 0 Å². The Kier molecular flexibility index (Phi) is 7.77. The summed E-state index contributed by atoms with van der Waals surface area (Å²) in [5, 5.41) is 5.75. The number of halogens is 3. The molecule has 0 aliphatic heterocycles. The van der Waals surface area contributed by atoms with Crippen LogP contribution >= 0.6 is 0 Å². The first-order valence-electron chi connectivity index (χ1n) is 7.52. The first kappa shape index (κ1) is 17.1. The fourth-order valence-electron chi connectivity index (χ4n) is 2.62. The Hall–Kier alpha value is -0.940. The molecule has 2 N–H and O–H groups in total. The molecule has 1 rings (SSSR count). The molecule has 0 aromatic rings. The van der Waals surface area contributed by atoms with E-state index in [1.165, 1.54) is 38.5 Å². The van der Waals surface area contributed by atoms with Crippen LogP contribution in [0.15, 0.2) is 4.99 Å². The van der Waals surface area contributed by atoms with Crippen molar-refractivity contribution in [2.75, 3.05) is 20.1 Å². The Morgan fingerprint density at radius 3 is 2.35 bits per heavy atom. The Morgan fingerprint density at radius 1 is 1.10 bits per heavy atom. The zero-order valence-electron chi connectivity index (χ0n) is 12.2. The van der Waals surface area contributed by atoms with E-state index in [-0.39, 0.29) is 6.54 Å². The van der Waals surface area contributed by atoms with Crippen molar-refractivity contribution in [1.82, 2.24) is 10.6 Å². The smallest absolute Gasteiger partial charge is 0.356 e. The fraction of sp³-hybridized carbons (Fsp3) is 0.929. The van der Waals surface area contributed by atoms with Gasteiger partial charge in [-0.05, 0) is 18.8 Å². The third kappa shape index (κ3) is 8.27. The molecule has 0 aromatic heterocycles. The van der Waals surface area contributed by atoms with Crippen molar-refractivity contribution in [2.24, 2.45) is 10.9 Å². The molecule has 1 saturated carbocycles. The van der Waals surface area contributed by atoms with Gasteiger partial charge in [-0.1, -0.05) is 32.1 Å². The van der Waals surface area contributed by atoms with Crippen molar-refractivity contribution in [2.45, 2.75) is 57.5 Å². The molecule has 0 bridgehead atoms. The molecule has 0 aromatic carbocycles. The molecule has 0 atom stereocenters. The van der Waals surface area contributed by atoms with Crippen LogP contribution in [0.5, 0.6) is 0 Å². The summed E-state index contributed by atoms with van der Waals surface area (Å²) in [6.07, 6.45) is 4.01. The van der Waals surface area contributed by atoms with E-state index in [0.29, 0.717) is 5.96 Å². The topological polar surface area (TPSA) is 36.4 Å². The lowest BCUT2D eigenvalue weighted by atomic mass is 9.86. The van der Waals surface area contributed by atoms with Crippen LogP contribution < -0.4 is 10.6 Å². The van der Waals surface area contributed by atoms with Gasteiger partial charge in [0.25, 0.3) is 0 Å². The second-order valence-electron chi connectivity index (χ2n) is 5.44. The Bertz CT molecular complexity index is 284. The molecule has 0 amide bonds. The maximum atomic E-state index is 12.0. The summed E-state index contributed by atoms with van der Waals surface area (Å²) in [5.74, 6) is 1.30. The standard InChI is InChI=1S/C14H26F3N3/c1-18-13(20-11-9-14(15,16)17)19-10-5-8-12-6-3-2-4-7-12/h12H,2-11H2,1H3,(H2,18,19,20). The predicted molar refractivity (Wildman–Crippen MR) is 75.8 cm³/mol. The van der Waals surface area contributed by atoms with Crippen molar-refractivity contribution in [3.63, 3.8) is 0 Å². The number of aliphatic imine (C=N–C) groups is 1. The molecule has 118 valence electrons. The Labute approximate surface area is 119 Å². The Balaban J connectivity index is 2.06. The number of nitrogens with zero attached hydrogens (tertiary/aromatic N) is 1. The molecule has 20 heavy (non-hydrogen) atoms. The van der Waals surface area contributed by atoms with Crippen LogP contribution in [0, 0.1) is 5.92 Å². The minimum absolute atomic E-state index is 0.133. The van der Waals surface area contributed by atoms with Gasteiger partial charge in [0.15, 0.2) is 5.96 Å². The van der Waals surface area contributed by atoms with Crippen LogP contribution in [0.25, 0.3) is 0 Å². The molecular weight excluding hydrogens is 267 g/mol. The van der Waals surface area contributed by atoms with Crippen LogP contribution in [-0.2, 0) is 0 Å². The van der Waals surface area contributed by atoms with Crippen LogP contribution in [0.4, 0.5) is 13.2 Å². The number of hydrogen-bond acceptors (Lipinski definition) is 1. The largest absolute Gasteiger partial charge is 0.390 e. The maximum Gasteiger partial charge on any atom is 0.390 e. The molecule has 6 heteroatoms. The highest BCUT2D eigenvalue weighted by Gasteiger charge is 2.26. The number of rotatable bonds is 6. The first-order valence-corrected chi connectivity index (χ1v) is 7.52. The third-order valence-corrected chi connectivity index (χ3v) is 3.73. The number of alkyl halides is 3. The van der Waals surface area contributed by atoms with Crippen molar-refractivity contribution in [3.8, 4) is 0 Å². The monoisotopic (exact) mass is 293 g/mol. The molecule has 1 aliphatic rings. The average molecular weight is 293 g/mol. The van der Waals surface area contributed by atoms with Crippen molar-refractivity contribution < 1.29 is 13.2 Å². The summed E-state index contributed by atoms with van der Waals surface area (Å²) in [4.78, 5) is 3.92. The SMILES string of the molecule is CN=C(NCCCC1CCCCC1)NCCC(F)(F)F. The van der Waals surface area contributed by atoms with Gasteiger partial charge in [-0.2, -0.15) is 13.2 Å². The maximum absolute atomic E-state index is 12.0. The van der Waals surface area contributed by atoms with E-state index >= 15 is 0 Å². The lowest BCUT2D eigenvalue weighted by Crippen LogP contribution is -2.39. The highest BCUT2D eigenvalue weighted by molar-refractivity contribution is 5.79. The highest BCUT2D eigenvalue weighted by Crippen LogP contribution is 2.26. The van der Waals surface area contributed by atoms with Crippen LogP contribution in [-0.4, -0.2) is 32.3 Å². The number of hydrogen-bond donors (Lipinski definition) is 2. The van der Waals surface area contributed by atoms with Crippen LogP contribution in [0.3, 0.4) is 0 Å². The quantitative estimate of drug-likeness (QED) is 0.447. The zero-order chi connectivity index (χ0) is 14.8. The molecule has 3 nitrogen and oxygen atoms in total. The van der Waals surface area contributed by atoms with E-state index in [9.17, 15) is 13.2 Å². The van der Waals surface area contributed by atoms with Gasteiger partial charge in [0.05, 0.1) is 6.42 Å². The lowest BCUT2D eigenvalue weighted by Gasteiger charge is -2.21. The normalized spacial score (nSPS) is 18.1. The lowest BCUT2D eigenvalue weighted by molar-refractivity contribution is -0.132. The molecule has 1 fully saturated rings. The number of nitrogens with one attached hydrogen (secondary N) is 2. The van der Waals surface area contributed by atoms with E-state index < -0.39 is 12.6 Å². The van der Waals surface area contributed by atoms with Gasteiger partial charge in [0.1, 0.15) is 0 Å². The minimum atomic E-state index is -4.12. The second kappa shape index (κ2) is 9.08. The van der Waals surface area contributed by atoms with E-state index in [1.54, 1.807) is 7.05 Å². The van der Waals surface area contributed by atoms with E-state index in [2.05, 4.69) is 15.6 Å². The summed E-state index contributed by atoms with van der Waals surface area (Å²) in [6, 6.07) is 0. The van der Waals surface area contributed by atoms with E-state index in [1.807, 2.05) is 0 Å². The van der Waals surface area contributed by atoms with Crippen molar-refractivity contribution >= 4 is 5.96 Å². The van der Waals surface area contributed by atoms with Gasteiger partial charge in [0, 0.05) is 20.1 Å². The van der Waals surface area contributed by atoms with Crippen molar-refractivity contribution in [3.05, 3.63) is 0 Å². The predicted octanol–water partition coefficient (Wildman–Crippen LogP) is 3.46. The summed E-state index contributed by atoms with van der Waals surface area (Å²) < 4.78 is 36.1. The molecule has 0 heterocycles. The summed E-state index contributed by atoms with van der Waals surface area (Å²) >= 11 is 0. The van der Waals surface area contributed by atoms with Gasteiger partial charge < -0.3 is 10.6 Å². The molecule has 0 radical (unpaired) electrons. The fourth-order valence-corrected chi connectivity index (χ4v) is 2.62. The van der Waals surface area contributed by atoms with Gasteiger partial charge in [-0.3, -0.25) is 4.99 Å². The number of guanidine groups is 1. The summed E-state index contributed by atoms with van der Waals surface area (Å²) in [7, 11) is 1.57. The first-order chi connectivity index (χ1) is 9.51. The van der Waals surface area contributed by atoms with Gasteiger partial charge in [0.2, 0.25) is 0 Å². The summed E-state index contributed by atoms with van der Waals surface area (Å²) in [6.45, 7) is 0.633. The van der Waals surface area contributed by atoms with E-state index in [0.717, 1.165) is 18.9 Å². The minimum Gasteiger partial charge on any atom is -0.356 e. The second-order valence-corrected chi connectivity index (χ2v) is 5.44. The molecule has 0 unspecified atom stereocenters. The third-order valence-electron chi connectivity index (χ3n) is 3.73. The zero-order valence-corrected chi connectivity index (χ0v) is 12.2. The molecule has 0 saturated heterocycles. The van der Waals surface area contributed by atoms with Gasteiger partial charge in [-0.25, -0.2) is 0 Å². The molecular formula is C14H26F3N3. The molecule has 1 aliphatic carbocycles. The highest BCUT2D eigenvalue weighted by atomic mass is 19.4. The van der Waals surface area contributed by atoms with Gasteiger partial charge >= 0.3 is 6.18 Å². The van der Waals surface area contributed by atoms with Crippen LogP contribution in [0.1, 0.15) is 51.4 Å². The van der Waals surface area contributed by atoms with E-state index in [4.69, 9.17) is 0 Å². The van der Waals surface area contributed by atoms with Crippen molar-refractivity contribution in [1.29, 1.82) is 0 Å². The summed E-state index contributed by atoms with van der Waals surface area (Å²) in [5.41, 5.74) is 0. The Morgan fingerprint density at radius 2 is 1.75 bits per heavy atom.